The van der Waals surface area contributed by atoms with E-state index in [1.54, 1.807) is 25.4 Å². The molecule has 1 aromatic carbocycles. The topological polar surface area (TPSA) is 84.3 Å². The molecule has 0 atom stereocenters. The Bertz CT molecular complexity index is 630. The lowest BCUT2D eigenvalue weighted by molar-refractivity contribution is -0.119. The minimum atomic E-state index is 0.00820. The van der Waals surface area contributed by atoms with Crippen LogP contribution >= 0.6 is 0 Å². The van der Waals surface area contributed by atoms with Crippen molar-refractivity contribution in [3.8, 4) is 5.75 Å². The molecule has 0 fully saturated rings. The van der Waals surface area contributed by atoms with Crippen molar-refractivity contribution in [3.05, 3.63) is 59.9 Å². The first-order chi connectivity index (χ1) is 11.1. The Balaban J connectivity index is 0.000000231. The van der Waals surface area contributed by atoms with E-state index in [0.717, 1.165) is 5.56 Å². The first-order valence-corrected chi connectivity index (χ1v) is 6.98. The lowest BCUT2D eigenvalue weighted by Crippen LogP contribution is -2.18. The van der Waals surface area contributed by atoms with Crippen LogP contribution in [0, 0.1) is 5.41 Å². The van der Waals surface area contributed by atoms with Gasteiger partial charge >= 0.3 is 0 Å². The molecular weight excluding hydrogens is 294 g/mol. The summed E-state index contributed by atoms with van der Waals surface area (Å²) in [4.78, 5) is 14.4. The van der Waals surface area contributed by atoms with Crippen molar-refractivity contribution in [1.82, 2.24) is 10.3 Å². The zero-order valence-corrected chi connectivity index (χ0v) is 13.5. The second-order valence-electron chi connectivity index (χ2n) is 4.51. The summed E-state index contributed by atoms with van der Waals surface area (Å²) in [6.45, 7) is 2.14. The molecule has 122 valence electrons. The Kier molecular flexibility index (Phi) is 7.85. The van der Waals surface area contributed by atoms with Gasteiger partial charge in [-0.15, -0.1) is 0 Å². The average Bonchev–Trinajstić information content (AvgIpc) is 2.60. The van der Waals surface area contributed by atoms with Crippen molar-refractivity contribution in [3.63, 3.8) is 0 Å². The fraction of sp³-hybridized carbons (Fsp3) is 0.235. The summed E-state index contributed by atoms with van der Waals surface area (Å²) in [5, 5.41) is 10.0. The summed E-state index contributed by atoms with van der Waals surface area (Å²) in [6.07, 6.45) is 1.57. The summed E-state index contributed by atoms with van der Waals surface area (Å²) in [7, 11) is 3.00. The van der Waals surface area contributed by atoms with Crippen LogP contribution in [0.3, 0.4) is 0 Å². The molecule has 2 N–H and O–H groups in total. The molecule has 0 unspecified atom stereocenters. The summed E-state index contributed by atoms with van der Waals surface area (Å²) in [5.74, 6) is 0.713. The third kappa shape index (κ3) is 7.08. The first kappa shape index (κ1) is 18.2. The second kappa shape index (κ2) is 9.94. The number of pyridine rings is 1. The van der Waals surface area contributed by atoms with E-state index in [0.29, 0.717) is 18.0 Å². The predicted octanol–water partition coefficient (Wildman–Crippen LogP) is 2.38. The molecule has 1 aromatic heterocycles. The molecule has 23 heavy (non-hydrogen) atoms. The number of hydrogen-bond acceptors (Lipinski definition) is 5. The number of nitrogens with zero attached hydrogens (tertiary/aromatic N) is 1. The van der Waals surface area contributed by atoms with Crippen LogP contribution in [-0.4, -0.2) is 31.0 Å². The number of hydrogen-bond donors (Lipinski definition) is 2. The summed E-state index contributed by atoms with van der Waals surface area (Å²) >= 11 is 0. The van der Waals surface area contributed by atoms with Crippen LogP contribution in [-0.2, 0) is 16.1 Å². The molecule has 0 aliphatic rings. The molecule has 6 heteroatoms. The Labute approximate surface area is 136 Å². The fourth-order valence-electron chi connectivity index (χ4n) is 1.59. The average molecular weight is 315 g/mol. The van der Waals surface area contributed by atoms with E-state index < -0.39 is 0 Å². The SMILES string of the molecule is CC(=O)NCc1ccccc1.COC(=N)c1cc(OC)ccn1. The van der Waals surface area contributed by atoms with Gasteiger partial charge in [-0.3, -0.25) is 15.2 Å². The van der Waals surface area contributed by atoms with Gasteiger partial charge in [0, 0.05) is 25.7 Å². The molecule has 0 bridgehead atoms. The highest BCUT2D eigenvalue weighted by Crippen LogP contribution is 2.10. The minimum Gasteiger partial charge on any atom is -0.497 e. The summed E-state index contributed by atoms with van der Waals surface area (Å²) in [5.41, 5.74) is 1.60. The number of carbonyl (C=O) groups is 1. The van der Waals surface area contributed by atoms with Gasteiger partial charge in [-0.05, 0) is 11.6 Å². The molecule has 0 aliphatic heterocycles. The maximum absolute atomic E-state index is 10.5. The van der Waals surface area contributed by atoms with Crippen LogP contribution in [0.1, 0.15) is 18.2 Å². The number of ether oxygens (including phenoxy) is 2. The van der Waals surface area contributed by atoms with Crippen LogP contribution in [0.4, 0.5) is 0 Å². The van der Waals surface area contributed by atoms with E-state index in [9.17, 15) is 4.79 Å². The third-order valence-electron chi connectivity index (χ3n) is 2.79. The van der Waals surface area contributed by atoms with Crippen molar-refractivity contribution in [2.75, 3.05) is 14.2 Å². The molecule has 0 aliphatic carbocycles. The molecule has 2 aromatic rings. The molecule has 1 amide bonds. The lowest BCUT2D eigenvalue weighted by Gasteiger charge is -2.02. The zero-order valence-electron chi connectivity index (χ0n) is 13.5. The van der Waals surface area contributed by atoms with Crippen LogP contribution in [0.2, 0.25) is 0 Å². The summed E-state index contributed by atoms with van der Waals surface area (Å²) in [6, 6.07) is 13.2. The number of aromatic nitrogens is 1. The van der Waals surface area contributed by atoms with Gasteiger partial charge in [0.25, 0.3) is 0 Å². The van der Waals surface area contributed by atoms with Crippen molar-refractivity contribution in [1.29, 1.82) is 5.41 Å². The monoisotopic (exact) mass is 315 g/mol. The summed E-state index contributed by atoms with van der Waals surface area (Å²) < 4.78 is 9.66. The first-order valence-electron chi connectivity index (χ1n) is 6.98. The van der Waals surface area contributed by atoms with Gasteiger partial charge in [0.05, 0.1) is 14.2 Å². The van der Waals surface area contributed by atoms with Crippen LogP contribution in [0.15, 0.2) is 48.7 Å². The number of methoxy groups -OCH3 is 2. The van der Waals surface area contributed by atoms with E-state index in [1.165, 1.54) is 14.0 Å². The van der Waals surface area contributed by atoms with Crippen molar-refractivity contribution in [2.24, 2.45) is 0 Å². The normalized spacial score (nSPS) is 9.17. The van der Waals surface area contributed by atoms with E-state index >= 15 is 0 Å². The molecular formula is C17H21N3O3. The Morgan fingerprint density at radius 1 is 1.22 bits per heavy atom. The highest BCUT2D eigenvalue weighted by Gasteiger charge is 2.02. The van der Waals surface area contributed by atoms with Crippen molar-refractivity contribution >= 4 is 11.8 Å². The molecule has 0 radical (unpaired) electrons. The molecule has 6 nitrogen and oxygen atoms in total. The van der Waals surface area contributed by atoms with E-state index in [-0.39, 0.29) is 11.8 Å². The number of carbonyl (C=O) groups excluding carboxylic acids is 1. The van der Waals surface area contributed by atoms with Crippen molar-refractivity contribution in [2.45, 2.75) is 13.5 Å². The highest BCUT2D eigenvalue weighted by atomic mass is 16.5. The predicted molar refractivity (Wildman–Crippen MR) is 88.6 cm³/mol. The van der Waals surface area contributed by atoms with Gasteiger partial charge in [-0.25, -0.2) is 0 Å². The maximum Gasteiger partial charge on any atom is 0.232 e. The van der Waals surface area contributed by atoms with E-state index in [4.69, 9.17) is 14.9 Å². The fourth-order valence-corrected chi connectivity index (χ4v) is 1.59. The number of benzene rings is 1. The second-order valence-corrected chi connectivity index (χ2v) is 4.51. The molecule has 0 saturated carbocycles. The Morgan fingerprint density at radius 3 is 2.48 bits per heavy atom. The van der Waals surface area contributed by atoms with Crippen LogP contribution in [0.5, 0.6) is 5.75 Å². The van der Waals surface area contributed by atoms with Gasteiger partial charge in [0.1, 0.15) is 11.4 Å². The number of amides is 1. The van der Waals surface area contributed by atoms with Gasteiger partial charge in [-0.2, -0.15) is 0 Å². The Morgan fingerprint density at radius 2 is 1.91 bits per heavy atom. The van der Waals surface area contributed by atoms with Gasteiger partial charge < -0.3 is 14.8 Å². The highest BCUT2D eigenvalue weighted by molar-refractivity contribution is 5.89. The van der Waals surface area contributed by atoms with Crippen molar-refractivity contribution < 1.29 is 14.3 Å². The van der Waals surface area contributed by atoms with E-state index in [2.05, 4.69) is 10.3 Å². The molecule has 0 spiro atoms. The Hall–Kier alpha value is -2.89. The standard InChI is InChI=1S/C9H11NO.C8H10N2O2/c1-8(11)10-7-9-5-3-2-4-6-9;1-11-6-3-4-10-7(5-6)8(9)12-2/h2-6H,7H2,1H3,(H,10,11);3-5,9H,1-2H3. The lowest BCUT2D eigenvalue weighted by atomic mass is 10.2. The smallest absolute Gasteiger partial charge is 0.232 e. The number of rotatable bonds is 4. The van der Waals surface area contributed by atoms with Crippen LogP contribution < -0.4 is 10.1 Å². The van der Waals surface area contributed by atoms with Gasteiger partial charge in [0.2, 0.25) is 11.8 Å². The van der Waals surface area contributed by atoms with Gasteiger partial charge in [-0.1, -0.05) is 30.3 Å². The third-order valence-corrected chi connectivity index (χ3v) is 2.79. The zero-order chi connectivity index (χ0) is 17.1. The maximum atomic E-state index is 10.5. The van der Waals surface area contributed by atoms with E-state index in [1.807, 2.05) is 30.3 Å². The molecule has 0 saturated heterocycles. The van der Waals surface area contributed by atoms with Crippen LogP contribution in [0.25, 0.3) is 0 Å². The number of nitrogens with one attached hydrogen (secondary N) is 2. The largest absolute Gasteiger partial charge is 0.497 e. The molecule has 1 heterocycles. The van der Waals surface area contributed by atoms with Gasteiger partial charge in [0.15, 0.2) is 0 Å². The quantitative estimate of drug-likeness (QED) is 0.670. The minimum absolute atomic E-state index is 0.00820. The molecule has 2 rings (SSSR count).